The average molecular weight is 328 g/mol. The molecule has 1 fully saturated rings. The minimum absolute atomic E-state index is 0.265. The fourth-order valence-electron chi connectivity index (χ4n) is 1.73. The number of carbonyl (C=O) groups excluding carboxylic acids is 1. The molecule has 1 aromatic rings. The number of aliphatic carboxylic acids is 1. The Morgan fingerprint density at radius 3 is 2.55 bits per heavy atom. The number of carboxylic acids is 1. The van der Waals surface area contributed by atoms with Crippen molar-refractivity contribution < 1.29 is 14.7 Å². The van der Waals surface area contributed by atoms with Crippen LogP contribution in [-0.4, -0.2) is 32.7 Å². The van der Waals surface area contributed by atoms with Gasteiger partial charge in [0.15, 0.2) is 0 Å². The summed E-state index contributed by atoms with van der Waals surface area (Å²) in [6.07, 6.45) is 0. The number of hydrogen-bond donors (Lipinski definition) is 1. The number of hydrogen-bond acceptors (Lipinski definition) is 4. The lowest BCUT2D eigenvalue weighted by Gasteiger charge is -2.10. The van der Waals surface area contributed by atoms with Gasteiger partial charge in [-0.25, -0.2) is 0 Å². The molecule has 1 aromatic carbocycles. The van der Waals surface area contributed by atoms with Gasteiger partial charge >= 0.3 is 5.97 Å². The Bertz CT molecular complexity index is 625. The van der Waals surface area contributed by atoms with Crippen LogP contribution in [0.1, 0.15) is 12.5 Å². The molecule has 1 aliphatic heterocycles. The summed E-state index contributed by atoms with van der Waals surface area (Å²) in [4.78, 5) is 24.5. The Morgan fingerprint density at radius 1 is 1.40 bits per heavy atom. The van der Waals surface area contributed by atoms with E-state index in [4.69, 9.17) is 28.9 Å². The largest absolute Gasteiger partial charge is 0.480 e. The van der Waals surface area contributed by atoms with Gasteiger partial charge in [-0.15, -0.1) is 0 Å². The van der Waals surface area contributed by atoms with Gasteiger partial charge in [0.2, 0.25) is 0 Å². The van der Waals surface area contributed by atoms with E-state index in [0.29, 0.717) is 9.93 Å². The summed E-state index contributed by atoms with van der Waals surface area (Å²) in [6, 6.07) is 7.08. The molecule has 1 aliphatic rings. The van der Waals surface area contributed by atoms with Gasteiger partial charge in [0, 0.05) is 5.02 Å². The fraction of sp³-hybridized carbons (Fsp3) is 0.154. The second-order valence-electron chi connectivity index (χ2n) is 4.11. The van der Waals surface area contributed by atoms with Gasteiger partial charge in [-0.1, -0.05) is 47.7 Å². The number of benzene rings is 1. The van der Waals surface area contributed by atoms with E-state index < -0.39 is 12.5 Å². The Morgan fingerprint density at radius 2 is 2.00 bits per heavy atom. The van der Waals surface area contributed by atoms with E-state index >= 15 is 0 Å². The van der Waals surface area contributed by atoms with Gasteiger partial charge in [0.25, 0.3) is 5.91 Å². The number of amides is 1. The zero-order chi connectivity index (χ0) is 14.9. The van der Waals surface area contributed by atoms with E-state index in [1.807, 2.05) is 0 Å². The Balaban J connectivity index is 2.35. The molecule has 104 valence electrons. The third-order valence-corrected chi connectivity index (χ3v) is 4.56. The number of halogens is 1. The molecule has 7 heteroatoms. The zero-order valence-corrected chi connectivity index (χ0v) is 12.8. The molecule has 1 N–H and O–H groups in total. The maximum atomic E-state index is 12.2. The predicted octanol–water partition coefficient (Wildman–Crippen LogP) is 3.02. The van der Waals surface area contributed by atoms with Crippen LogP contribution in [0, 0.1) is 0 Å². The van der Waals surface area contributed by atoms with Crippen LogP contribution in [0.15, 0.2) is 29.2 Å². The van der Waals surface area contributed by atoms with Gasteiger partial charge in [0.1, 0.15) is 10.9 Å². The van der Waals surface area contributed by atoms with Crippen LogP contribution >= 0.6 is 35.6 Å². The molecule has 0 aromatic heterocycles. The van der Waals surface area contributed by atoms with Crippen LogP contribution in [0.5, 0.6) is 0 Å². The first-order valence-electron chi connectivity index (χ1n) is 5.62. The molecular weight excluding hydrogens is 318 g/mol. The third-order valence-electron chi connectivity index (χ3n) is 2.76. The molecule has 0 saturated carbocycles. The summed E-state index contributed by atoms with van der Waals surface area (Å²) in [6.45, 7) is 1.39. The molecule has 0 atom stereocenters. The topological polar surface area (TPSA) is 57.6 Å². The zero-order valence-electron chi connectivity index (χ0n) is 10.4. The predicted molar refractivity (Wildman–Crippen MR) is 83.6 cm³/mol. The molecule has 4 nitrogen and oxygen atoms in total. The van der Waals surface area contributed by atoms with Crippen LogP contribution in [0.4, 0.5) is 0 Å². The van der Waals surface area contributed by atoms with Crippen molar-refractivity contribution in [1.29, 1.82) is 0 Å². The van der Waals surface area contributed by atoms with Crippen molar-refractivity contribution in [1.82, 2.24) is 4.90 Å². The highest BCUT2D eigenvalue weighted by atomic mass is 35.5. The number of carboxylic acid groups (broad SMARTS) is 1. The van der Waals surface area contributed by atoms with E-state index in [1.165, 1.54) is 0 Å². The minimum Gasteiger partial charge on any atom is -0.480 e. The molecule has 2 rings (SSSR count). The summed E-state index contributed by atoms with van der Waals surface area (Å²) >= 11 is 12.0. The fourth-order valence-corrected chi connectivity index (χ4v) is 3.16. The molecule has 0 radical (unpaired) electrons. The average Bonchev–Trinajstić information content (AvgIpc) is 2.66. The number of nitrogens with zero attached hydrogens (tertiary/aromatic N) is 1. The second-order valence-corrected chi connectivity index (χ2v) is 6.19. The van der Waals surface area contributed by atoms with Crippen molar-refractivity contribution in [2.45, 2.75) is 6.92 Å². The van der Waals surface area contributed by atoms with Gasteiger partial charge in [0.05, 0.1) is 4.91 Å². The SMILES string of the molecule is C/C(=C1\SC(=S)N(CC(=O)O)C1=O)c1ccc(Cl)cc1. The molecule has 0 aliphatic carbocycles. The third kappa shape index (κ3) is 3.03. The summed E-state index contributed by atoms with van der Waals surface area (Å²) in [5.41, 5.74) is 1.61. The molecular formula is C13H10ClNO3S2. The van der Waals surface area contributed by atoms with Gasteiger partial charge in [-0.2, -0.15) is 0 Å². The summed E-state index contributed by atoms with van der Waals surface area (Å²) in [5, 5.41) is 9.40. The highest BCUT2D eigenvalue weighted by Crippen LogP contribution is 2.36. The maximum absolute atomic E-state index is 12.2. The van der Waals surface area contributed by atoms with Gasteiger partial charge in [-0.3, -0.25) is 14.5 Å². The Kier molecular flexibility index (Phi) is 4.47. The molecule has 1 saturated heterocycles. The lowest BCUT2D eigenvalue weighted by atomic mass is 10.1. The first-order chi connectivity index (χ1) is 9.40. The number of rotatable bonds is 3. The normalized spacial score (nSPS) is 17.6. The van der Waals surface area contributed by atoms with E-state index in [-0.39, 0.29) is 10.2 Å². The van der Waals surface area contributed by atoms with E-state index in [2.05, 4.69) is 0 Å². The van der Waals surface area contributed by atoms with Crippen LogP contribution < -0.4 is 0 Å². The van der Waals surface area contributed by atoms with Crippen LogP contribution in [-0.2, 0) is 9.59 Å². The Hall–Kier alpha value is -1.37. The highest BCUT2D eigenvalue weighted by molar-refractivity contribution is 8.26. The van der Waals surface area contributed by atoms with Gasteiger partial charge in [-0.05, 0) is 30.2 Å². The highest BCUT2D eigenvalue weighted by Gasteiger charge is 2.34. The van der Waals surface area contributed by atoms with E-state index in [0.717, 1.165) is 27.8 Å². The van der Waals surface area contributed by atoms with Crippen molar-refractivity contribution in [3.05, 3.63) is 39.8 Å². The summed E-state index contributed by atoms with van der Waals surface area (Å²) in [7, 11) is 0. The maximum Gasteiger partial charge on any atom is 0.323 e. The number of carbonyl (C=O) groups is 2. The first kappa shape index (κ1) is 15.0. The molecule has 1 heterocycles. The molecule has 0 spiro atoms. The monoisotopic (exact) mass is 327 g/mol. The first-order valence-corrected chi connectivity index (χ1v) is 7.22. The van der Waals surface area contributed by atoms with E-state index in [1.54, 1.807) is 31.2 Å². The molecule has 20 heavy (non-hydrogen) atoms. The summed E-state index contributed by atoms with van der Waals surface area (Å²) < 4.78 is 0.265. The van der Waals surface area contributed by atoms with Crippen molar-refractivity contribution >= 4 is 57.4 Å². The standard InChI is InChI=1S/C13H10ClNO3S2/c1-7(8-2-4-9(14)5-3-8)11-12(18)15(6-10(16)17)13(19)20-11/h2-5H,6H2,1H3,(H,16,17)/b11-7+. The smallest absolute Gasteiger partial charge is 0.323 e. The van der Waals surface area contributed by atoms with Crippen molar-refractivity contribution in [3.63, 3.8) is 0 Å². The molecule has 1 amide bonds. The second kappa shape index (κ2) is 5.95. The van der Waals surface area contributed by atoms with Crippen LogP contribution in [0.2, 0.25) is 5.02 Å². The van der Waals surface area contributed by atoms with Gasteiger partial charge < -0.3 is 5.11 Å². The van der Waals surface area contributed by atoms with Crippen molar-refractivity contribution in [3.8, 4) is 0 Å². The molecule has 0 bridgehead atoms. The van der Waals surface area contributed by atoms with Crippen molar-refractivity contribution in [2.75, 3.05) is 6.54 Å². The quantitative estimate of drug-likeness (QED) is 0.683. The lowest BCUT2D eigenvalue weighted by molar-refractivity contribution is -0.140. The molecule has 0 unspecified atom stereocenters. The Labute approximate surface area is 130 Å². The van der Waals surface area contributed by atoms with Crippen LogP contribution in [0.3, 0.4) is 0 Å². The number of allylic oxidation sites excluding steroid dienone is 1. The number of thioether (sulfide) groups is 1. The minimum atomic E-state index is -1.09. The lowest BCUT2D eigenvalue weighted by Crippen LogP contribution is -2.33. The van der Waals surface area contributed by atoms with Crippen molar-refractivity contribution in [2.24, 2.45) is 0 Å². The van der Waals surface area contributed by atoms with E-state index in [9.17, 15) is 9.59 Å². The summed E-state index contributed by atoms with van der Waals surface area (Å²) in [5.74, 6) is -1.46. The van der Waals surface area contributed by atoms with Crippen LogP contribution in [0.25, 0.3) is 5.57 Å². The number of thiocarbonyl (C=S) groups is 1.